The van der Waals surface area contributed by atoms with Crippen molar-refractivity contribution in [3.8, 4) is 0 Å². The van der Waals surface area contributed by atoms with E-state index in [0.29, 0.717) is 18.4 Å². The Morgan fingerprint density at radius 3 is 2.35 bits per heavy atom. The molecule has 1 saturated carbocycles. The van der Waals surface area contributed by atoms with E-state index in [1.807, 2.05) is 0 Å². The van der Waals surface area contributed by atoms with Crippen molar-refractivity contribution in [1.82, 2.24) is 0 Å². The highest BCUT2D eigenvalue weighted by Gasteiger charge is 2.32. The monoisotopic (exact) mass is 290 g/mol. The van der Waals surface area contributed by atoms with Gasteiger partial charge in [0.05, 0.1) is 11.7 Å². The van der Waals surface area contributed by atoms with Crippen LogP contribution in [0.25, 0.3) is 0 Å². The molecule has 2 rings (SSSR count). The Bertz CT molecular complexity index is 450. The standard InChI is InChI=1S/C15H18F4O/c16-13-8-11(7-12(9-13)15(17,18)19)14(20)6-10-4-2-1-3-5-10/h7-10,14,20H,1-6H2. The highest BCUT2D eigenvalue weighted by molar-refractivity contribution is 5.28. The summed E-state index contributed by atoms with van der Waals surface area (Å²) in [5.41, 5.74) is -1.03. The van der Waals surface area contributed by atoms with E-state index in [4.69, 9.17) is 0 Å². The predicted molar refractivity (Wildman–Crippen MR) is 67.6 cm³/mol. The summed E-state index contributed by atoms with van der Waals surface area (Å²) in [5, 5.41) is 10.1. The highest BCUT2D eigenvalue weighted by atomic mass is 19.4. The van der Waals surface area contributed by atoms with Gasteiger partial charge < -0.3 is 5.11 Å². The summed E-state index contributed by atoms with van der Waals surface area (Å²) in [6, 6.07) is 2.29. The minimum atomic E-state index is -4.60. The average Bonchev–Trinajstić information content (AvgIpc) is 2.38. The molecule has 1 N–H and O–H groups in total. The van der Waals surface area contributed by atoms with Crippen LogP contribution in [-0.4, -0.2) is 5.11 Å². The van der Waals surface area contributed by atoms with Gasteiger partial charge in [0.15, 0.2) is 0 Å². The van der Waals surface area contributed by atoms with Crippen molar-refractivity contribution in [2.75, 3.05) is 0 Å². The van der Waals surface area contributed by atoms with Crippen LogP contribution in [0.15, 0.2) is 18.2 Å². The normalized spacial score (nSPS) is 19.1. The van der Waals surface area contributed by atoms with E-state index in [9.17, 15) is 22.7 Å². The van der Waals surface area contributed by atoms with Crippen molar-refractivity contribution >= 4 is 0 Å². The SMILES string of the molecule is OC(CC1CCCCC1)c1cc(F)cc(C(F)(F)F)c1. The number of aliphatic hydroxyl groups excluding tert-OH is 1. The molecule has 112 valence electrons. The molecule has 0 radical (unpaired) electrons. The van der Waals surface area contributed by atoms with Crippen LogP contribution in [0, 0.1) is 11.7 Å². The number of rotatable bonds is 3. The summed E-state index contributed by atoms with van der Waals surface area (Å²) < 4.78 is 51.2. The van der Waals surface area contributed by atoms with Crippen molar-refractivity contribution < 1.29 is 22.7 Å². The fourth-order valence-electron chi connectivity index (χ4n) is 2.84. The molecule has 1 nitrogen and oxygen atoms in total. The van der Waals surface area contributed by atoms with Gasteiger partial charge in [-0.05, 0) is 36.1 Å². The predicted octanol–water partition coefficient (Wildman–Crippen LogP) is 4.85. The van der Waals surface area contributed by atoms with Gasteiger partial charge in [-0.15, -0.1) is 0 Å². The van der Waals surface area contributed by atoms with E-state index in [1.165, 1.54) is 6.42 Å². The molecule has 1 aromatic carbocycles. The topological polar surface area (TPSA) is 20.2 Å². The van der Waals surface area contributed by atoms with Gasteiger partial charge in [-0.1, -0.05) is 32.1 Å². The van der Waals surface area contributed by atoms with Crippen molar-refractivity contribution in [2.45, 2.75) is 50.8 Å². The lowest BCUT2D eigenvalue weighted by atomic mass is 9.84. The lowest BCUT2D eigenvalue weighted by molar-refractivity contribution is -0.137. The average molecular weight is 290 g/mol. The molecule has 1 unspecified atom stereocenters. The Morgan fingerprint density at radius 2 is 1.75 bits per heavy atom. The van der Waals surface area contributed by atoms with E-state index in [2.05, 4.69) is 0 Å². The Balaban J connectivity index is 2.12. The molecule has 0 amide bonds. The van der Waals surface area contributed by atoms with Crippen molar-refractivity contribution in [1.29, 1.82) is 0 Å². The Hall–Kier alpha value is -1.10. The van der Waals surface area contributed by atoms with Gasteiger partial charge in [0.25, 0.3) is 0 Å². The minimum Gasteiger partial charge on any atom is -0.388 e. The molecule has 1 aromatic rings. The Morgan fingerprint density at radius 1 is 1.10 bits per heavy atom. The lowest BCUT2D eigenvalue weighted by Gasteiger charge is -2.24. The van der Waals surface area contributed by atoms with Crippen LogP contribution in [0.1, 0.15) is 55.8 Å². The zero-order valence-electron chi connectivity index (χ0n) is 11.1. The second-order valence-electron chi connectivity index (χ2n) is 5.53. The molecule has 1 atom stereocenters. The maximum absolute atomic E-state index is 13.3. The minimum absolute atomic E-state index is 0.0166. The van der Waals surface area contributed by atoms with Gasteiger partial charge >= 0.3 is 6.18 Å². The first kappa shape index (κ1) is 15.3. The van der Waals surface area contributed by atoms with Crippen molar-refractivity contribution in [3.05, 3.63) is 35.1 Å². The van der Waals surface area contributed by atoms with Gasteiger partial charge in [-0.2, -0.15) is 13.2 Å². The highest BCUT2D eigenvalue weighted by Crippen LogP contribution is 2.35. The van der Waals surface area contributed by atoms with Gasteiger partial charge in [0.2, 0.25) is 0 Å². The zero-order chi connectivity index (χ0) is 14.8. The molecule has 0 heterocycles. The van der Waals surface area contributed by atoms with Gasteiger partial charge in [-0.25, -0.2) is 4.39 Å². The quantitative estimate of drug-likeness (QED) is 0.789. The number of halogens is 4. The van der Waals surface area contributed by atoms with Crippen LogP contribution in [0.3, 0.4) is 0 Å². The number of alkyl halides is 3. The summed E-state index contributed by atoms with van der Waals surface area (Å²) >= 11 is 0. The molecule has 5 heteroatoms. The summed E-state index contributed by atoms with van der Waals surface area (Å²) in [5.74, 6) is -0.645. The molecule has 20 heavy (non-hydrogen) atoms. The van der Waals surface area contributed by atoms with Crippen LogP contribution < -0.4 is 0 Å². The van der Waals surface area contributed by atoms with E-state index < -0.39 is 23.7 Å². The molecule has 0 saturated heterocycles. The number of hydrogen-bond acceptors (Lipinski definition) is 1. The molecule has 1 fully saturated rings. The molecule has 1 aliphatic carbocycles. The third kappa shape index (κ3) is 3.95. The van der Waals surface area contributed by atoms with E-state index >= 15 is 0 Å². The fourth-order valence-corrected chi connectivity index (χ4v) is 2.84. The van der Waals surface area contributed by atoms with Gasteiger partial charge in [-0.3, -0.25) is 0 Å². The summed E-state index contributed by atoms with van der Waals surface area (Å²) in [6.07, 6.45) is 0.0991. The number of hydrogen-bond donors (Lipinski definition) is 1. The Kier molecular flexibility index (Phi) is 4.68. The van der Waals surface area contributed by atoms with Crippen LogP contribution in [-0.2, 0) is 6.18 Å². The fraction of sp³-hybridized carbons (Fsp3) is 0.600. The molecule has 0 bridgehead atoms. The maximum atomic E-state index is 13.3. The van der Waals surface area contributed by atoms with E-state index in [1.54, 1.807) is 0 Å². The van der Waals surface area contributed by atoms with E-state index in [-0.39, 0.29) is 5.56 Å². The summed E-state index contributed by atoms with van der Waals surface area (Å²) in [4.78, 5) is 0. The molecular weight excluding hydrogens is 272 g/mol. The third-order valence-electron chi connectivity index (χ3n) is 3.91. The number of aliphatic hydroxyl groups is 1. The van der Waals surface area contributed by atoms with Crippen molar-refractivity contribution in [3.63, 3.8) is 0 Å². The second kappa shape index (κ2) is 6.12. The van der Waals surface area contributed by atoms with Crippen LogP contribution in [0.5, 0.6) is 0 Å². The third-order valence-corrected chi connectivity index (χ3v) is 3.91. The summed E-state index contributed by atoms with van der Waals surface area (Å²) in [6.45, 7) is 0. The smallest absolute Gasteiger partial charge is 0.388 e. The Labute approximate surface area is 115 Å². The lowest BCUT2D eigenvalue weighted by Crippen LogP contribution is -2.13. The molecular formula is C15H18F4O. The largest absolute Gasteiger partial charge is 0.416 e. The summed E-state index contributed by atoms with van der Waals surface area (Å²) in [7, 11) is 0. The van der Waals surface area contributed by atoms with E-state index in [0.717, 1.165) is 37.8 Å². The molecule has 0 spiro atoms. The first-order valence-corrected chi connectivity index (χ1v) is 6.92. The molecule has 0 aliphatic heterocycles. The van der Waals surface area contributed by atoms with Crippen LogP contribution >= 0.6 is 0 Å². The first-order valence-electron chi connectivity index (χ1n) is 6.92. The van der Waals surface area contributed by atoms with Gasteiger partial charge in [0, 0.05) is 0 Å². The zero-order valence-corrected chi connectivity index (χ0v) is 11.1. The molecule has 0 aromatic heterocycles. The number of benzene rings is 1. The van der Waals surface area contributed by atoms with Crippen molar-refractivity contribution in [2.24, 2.45) is 5.92 Å². The first-order chi connectivity index (χ1) is 9.36. The molecule has 1 aliphatic rings. The second-order valence-corrected chi connectivity index (χ2v) is 5.53. The van der Waals surface area contributed by atoms with Gasteiger partial charge in [0.1, 0.15) is 5.82 Å². The van der Waals surface area contributed by atoms with Crippen LogP contribution in [0.4, 0.5) is 17.6 Å². The van der Waals surface area contributed by atoms with Crippen LogP contribution in [0.2, 0.25) is 0 Å². The maximum Gasteiger partial charge on any atom is 0.416 e.